The molecule has 0 aliphatic rings. The summed E-state index contributed by atoms with van der Waals surface area (Å²) >= 11 is 0. The summed E-state index contributed by atoms with van der Waals surface area (Å²) in [6.07, 6.45) is 1.58. The van der Waals surface area contributed by atoms with Crippen LogP contribution in [0, 0.1) is 10.1 Å². The fourth-order valence-electron chi connectivity index (χ4n) is 1.73. The van der Waals surface area contributed by atoms with Gasteiger partial charge in [-0.05, 0) is 23.8 Å². The van der Waals surface area contributed by atoms with Crippen LogP contribution in [0.2, 0.25) is 0 Å². The molecule has 0 saturated heterocycles. The minimum absolute atomic E-state index is 0.000130. The molecule has 0 heterocycles. The maximum atomic E-state index is 10.9. The highest BCUT2D eigenvalue weighted by atomic mass is 16.6. The van der Waals surface area contributed by atoms with Gasteiger partial charge in [-0.15, -0.1) is 0 Å². The van der Waals surface area contributed by atoms with Crippen molar-refractivity contribution in [1.29, 1.82) is 0 Å². The fourth-order valence-corrected chi connectivity index (χ4v) is 1.73. The Kier molecular flexibility index (Phi) is 4.81. The number of hydrogen-bond acceptors (Lipinski definition) is 5. The van der Waals surface area contributed by atoms with Crippen LogP contribution >= 0.6 is 0 Å². The molecular formula is C15H14N4O3. The Labute approximate surface area is 126 Å². The van der Waals surface area contributed by atoms with E-state index in [0.29, 0.717) is 11.4 Å². The van der Waals surface area contributed by atoms with Gasteiger partial charge < -0.3 is 5.32 Å². The first kappa shape index (κ1) is 15.2. The summed E-state index contributed by atoms with van der Waals surface area (Å²) in [6, 6.07) is 13.2. The third-order valence-corrected chi connectivity index (χ3v) is 2.70. The van der Waals surface area contributed by atoms with E-state index >= 15 is 0 Å². The molecule has 0 aromatic heterocycles. The van der Waals surface area contributed by atoms with Crippen LogP contribution in [0.3, 0.4) is 0 Å². The molecule has 0 fully saturated rings. The predicted octanol–water partition coefficient (Wildman–Crippen LogP) is 3.00. The average Bonchev–Trinajstić information content (AvgIpc) is 2.49. The van der Waals surface area contributed by atoms with Crippen molar-refractivity contribution in [2.45, 2.75) is 6.92 Å². The number of non-ortho nitro benzene ring substituents is 1. The fraction of sp³-hybridized carbons (Fsp3) is 0.0667. The normalized spacial score (nSPS) is 10.4. The predicted molar refractivity (Wildman–Crippen MR) is 85.1 cm³/mol. The number of benzene rings is 2. The molecule has 22 heavy (non-hydrogen) atoms. The molecule has 112 valence electrons. The second-order valence-corrected chi connectivity index (χ2v) is 4.48. The van der Waals surface area contributed by atoms with E-state index in [9.17, 15) is 14.9 Å². The van der Waals surface area contributed by atoms with E-state index in [0.717, 1.165) is 5.56 Å². The minimum Gasteiger partial charge on any atom is -0.326 e. The van der Waals surface area contributed by atoms with Crippen LogP contribution in [0.25, 0.3) is 0 Å². The van der Waals surface area contributed by atoms with Gasteiger partial charge in [0, 0.05) is 24.7 Å². The molecule has 7 heteroatoms. The van der Waals surface area contributed by atoms with Gasteiger partial charge in [0.05, 0.1) is 16.8 Å². The summed E-state index contributed by atoms with van der Waals surface area (Å²) in [7, 11) is 0. The largest absolute Gasteiger partial charge is 0.326 e. The molecule has 7 nitrogen and oxygen atoms in total. The molecule has 0 radical (unpaired) electrons. The third kappa shape index (κ3) is 4.41. The third-order valence-electron chi connectivity index (χ3n) is 2.70. The molecular weight excluding hydrogens is 284 g/mol. The Morgan fingerprint density at radius 3 is 2.55 bits per heavy atom. The SMILES string of the molecule is CC(=O)Nc1ccc(/C=N\Nc2cccc([N+](=O)[O-])c2)cc1. The molecule has 0 saturated carbocycles. The van der Waals surface area contributed by atoms with E-state index < -0.39 is 4.92 Å². The molecule has 0 aliphatic carbocycles. The molecule has 2 N–H and O–H groups in total. The number of nitrogens with one attached hydrogen (secondary N) is 2. The molecule has 0 aliphatic heterocycles. The molecule has 0 bridgehead atoms. The topological polar surface area (TPSA) is 96.6 Å². The Hall–Kier alpha value is -3.22. The second kappa shape index (κ2) is 6.98. The zero-order valence-electron chi connectivity index (χ0n) is 11.8. The summed E-state index contributed by atoms with van der Waals surface area (Å²) in [5.41, 5.74) is 4.79. The lowest BCUT2D eigenvalue weighted by Crippen LogP contribution is -2.05. The monoisotopic (exact) mass is 298 g/mol. The minimum atomic E-state index is -0.463. The van der Waals surface area contributed by atoms with Crippen LogP contribution in [-0.4, -0.2) is 17.0 Å². The molecule has 2 aromatic rings. The highest BCUT2D eigenvalue weighted by Gasteiger charge is 2.04. The van der Waals surface area contributed by atoms with Crippen LogP contribution in [0.4, 0.5) is 17.1 Å². The number of amides is 1. The Morgan fingerprint density at radius 2 is 1.91 bits per heavy atom. The number of carbonyl (C=O) groups excluding carboxylic acids is 1. The summed E-state index contributed by atoms with van der Waals surface area (Å²) < 4.78 is 0. The Balaban J connectivity index is 1.99. The van der Waals surface area contributed by atoms with Crippen LogP contribution < -0.4 is 10.7 Å². The van der Waals surface area contributed by atoms with Crippen molar-refractivity contribution in [2.24, 2.45) is 5.10 Å². The molecule has 0 unspecified atom stereocenters. The first-order valence-electron chi connectivity index (χ1n) is 6.46. The number of anilines is 2. The Morgan fingerprint density at radius 1 is 1.18 bits per heavy atom. The van der Waals surface area contributed by atoms with E-state index in [4.69, 9.17) is 0 Å². The van der Waals surface area contributed by atoms with E-state index in [1.807, 2.05) is 0 Å². The van der Waals surface area contributed by atoms with Gasteiger partial charge in [0.25, 0.3) is 5.69 Å². The van der Waals surface area contributed by atoms with Crippen molar-refractivity contribution in [2.75, 3.05) is 10.7 Å². The standard InChI is InChI=1S/C15H14N4O3/c1-11(20)17-13-7-5-12(6-8-13)10-16-18-14-3-2-4-15(9-14)19(21)22/h2-10,18H,1H3,(H,17,20)/b16-10-. The molecule has 0 spiro atoms. The first-order valence-corrected chi connectivity index (χ1v) is 6.46. The van der Waals surface area contributed by atoms with Gasteiger partial charge >= 0.3 is 0 Å². The number of rotatable bonds is 5. The maximum absolute atomic E-state index is 10.9. The maximum Gasteiger partial charge on any atom is 0.271 e. The number of nitro groups is 1. The van der Waals surface area contributed by atoms with Crippen molar-refractivity contribution in [1.82, 2.24) is 0 Å². The van der Waals surface area contributed by atoms with Crippen LogP contribution in [-0.2, 0) is 4.79 Å². The average molecular weight is 298 g/mol. The van der Waals surface area contributed by atoms with Gasteiger partial charge in [0.15, 0.2) is 0 Å². The first-order chi connectivity index (χ1) is 10.5. The molecule has 0 atom stereocenters. The number of nitrogens with zero attached hydrogens (tertiary/aromatic N) is 2. The van der Waals surface area contributed by atoms with Crippen molar-refractivity contribution in [3.8, 4) is 0 Å². The quantitative estimate of drug-likeness (QED) is 0.503. The molecule has 2 rings (SSSR count). The van der Waals surface area contributed by atoms with Crippen molar-refractivity contribution in [3.63, 3.8) is 0 Å². The smallest absolute Gasteiger partial charge is 0.271 e. The van der Waals surface area contributed by atoms with Crippen LogP contribution in [0.1, 0.15) is 12.5 Å². The summed E-state index contributed by atoms with van der Waals surface area (Å²) in [4.78, 5) is 21.1. The zero-order valence-corrected chi connectivity index (χ0v) is 11.8. The molecule has 1 amide bonds. The summed E-state index contributed by atoms with van der Waals surface area (Å²) in [6.45, 7) is 1.44. The highest BCUT2D eigenvalue weighted by Crippen LogP contribution is 2.16. The lowest BCUT2D eigenvalue weighted by atomic mass is 10.2. The van der Waals surface area contributed by atoms with Crippen LogP contribution in [0.15, 0.2) is 53.6 Å². The van der Waals surface area contributed by atoms with Gasteiger partial charge in [0.2, 0.25) is 5.91 Å². The van der Waals surface area contributed by atoms with Crippen LogP contribution in [0.5, 0.6) is 0 Å². The van der Waals surface area contributed by atoms with E-state index in [2.05, 4.69) is 15.8 Å². The number of hydrogen-bond donors (Lipinski definition) is 2. The van der Waals surface area contributed by atoms with E-state index in [1.165, 1.54) is 19.1 Å². The second-order valence-electron chi connectivity index (χ2n) is 4.48. The van der Waals surface area contributed by atoms with Gasteiger partial charge in [0.1, 0.15) is 0 Å². The lowest BCUT2D eigenvalue weighted by molar-refractivity contribution is -0.384. The summed E-state index contributed by atoms with van der Waals surface area (Å²) in [5, 5.41) is 17.4. The zero-order chi connectivity index (χ0) is 15.9. The van der Waals surface area contributed by atoms with Crippen molar-refractivity contribution < 1.29 is 9.72 Å². The van der Waals surface area contributed by atoms with Gasteiger partial charge in [-0.3, -0.25) is 20.3 Å². The number of nitro benzene ring substituents is 1. The number of carbonyl (C=O) groups is 1. The number of hydrazone groups is 1. The van der Waals surface area contributed by atoms with Crippen molar-refractivity contribution >= 4 is 29.2 Å². The van der Waals surface area contributed by atoms with E-state index in [-0.39, 0.29) is 11.6 Å². The van der Waals surface area contributed by atoms with Gasteiger partial charge in [-0.25, -0.2) is 0 Å². The Bertz CT molecular complexity index is 711. The molecule has 2 aromatic carbocycles. The lowest BCUT2D eigenvalue weighted by Gasteiger charge is -2.02. The highest BCUT2D eigenvalue weighted by molar-refractivity contribution is 5.89. The van der Waals surface area contributed by atoms with Crippen molar-refractivity contribution in [3.05, 3.63) is 64.2 Å². The van der Waals surface area contributed by atoms with Gasteiger partial charge in [-0.2, -0.15) is 5.10 Å². The summed E-state index contributed by atoms with van der Waals surface area (Å²) in [5.74, 6) is -0.131. The van der Waals surface area contributed by atoms with Gasteiger partial charge in [-0.1, -0.05) is 18.2 Å². The van der Waals surface area contributed by atoms with E-state index in [1.54, 1.807) is 42.6 Å².